The van der Waals surface area contributed by atoms with E-state index in [4.69, 9.17) is 0 Å². The highest BCUT2D eigenvalue weighted by molar-refractivity contribution is 5.83. The van der Waals surface area contributed by atoms with Crippen molar-refractivity contribution in [2.75, 3.05) is 19.6 Å². The molecule has 1 aliphatic heterocycles. The summed E-state index contributed by atoms with van der Waals surface area (Å²) in [6.45, 7) is 5.26. The molecule has 1 aromatic carbocycles. The van der Waals surface area contributed by atoms with Gasteiger partial charge in [0.1, 0.15) is 0 Å². The summed E-state index contributed by atoms with van der Waals surface area (Å²) in [5, 5.41) is 4.39. The molecule has 3 rings (SSSR count). The smallest absolute Gasteiger partial charge is 0.220 e. The highest BCUT2D eigenvalue weighted by Crippen LogP contribution is 2.19. The number of benzene rings is 1. The number of aromatic nitrogens is 1. The van der Waals surface area contributed by atoms with Crippen molar-refractivity contribution in [1.82, 2.24) is 15.2 Å². The number of likely N-dealkylation sites (N-methyl/N-ethyl adjacent to an activating group) is 1. The molecule has 0 radical (unpaired) electrons. The lowest BCUT2D eigenvalue weighted by Gasteiger charge is -2.22. The van der Waals surface area contributed by atoms with Gasteiger partial charge in [-0.1, -0.05) is 25.1 Å². The van der Waals surface area contributed by atoms with Crippen LogP contribution in [-0.2, 0) is 11.2 Å². The third-order valence-corrected chi connectivity index (χ3v) is 4.96. The van der Waals surface area contributed by atoms with Crippen LogP contribution >= 0.6 is 0 Å². The normalized spacial score (nSPS) is 18.6. The Morgan fingerprint density at radius 3 is 3.13 bits per heavy atom. The number of rotatable bonds is 7. The van der Waals surface area contributed by atoms with Crippen LogP contribution in [0.15, 0.2) is 30.5 Å². The maximum atomic E-state index is 12.0. The summed E-state index contributed by atoms with van der Waals surface area (Å²) in [6, 6.07) is 8.87. The number of aromatic amines is 1. The SMILES string of the molecule is CCN1CCC[C@@H]1CNC(=O)CCCc1c[nH]c2ccccc12. The van der Waals surface area contributed by atoms with Crippen molar-refractivity contribution in [2.24, 2.45) is 0 Å². The van der Waals surface area contributed by atoms with E-state index in [2.05, 4.69) is 46.5 Å². The van der Waals surface area contributed by atoms with E-state index in [1.165, 1.54) is 35.9 Å². The van der Waals surface area contributed by atoms with Crippen molar-refractivity contribution in [3.05, 3.63) is 36.0 Å². The van der Waals surface area contributed by atoms with Gasteiger partial charge in [-0.2, -0.15) is 0 Å². The first kappa shape index (κ1) is 16.1. The van der Waals surface area contributed by atoms with Crippen LogP contribution in [0.3, 0.4) is 0 Å². The Bertz CT molecular complexity index is 649. The molecule has 4 nitrogen and oxygen atoms in total. The van der Waals surface area contributed by atoms with Gasteiger partial charge < -0.3 is 10.3 Å². The van der Waals surface area contributed by atoms with Crippen molar-refractivity contribution in [3.63, 3.8) is 0 Å². The fraction of sp³-hybridized carbons (Fsp3) is 0.526. The largest absolute Gasteiger partial charge is 0.361 e. The highest BCUT2D eigenvalue weighted by Gasteiger charge is 2.22. The highest BCUT2D eigenvalue weighted by atomic mass is 16.1. The van der Waals surface area contributed by atoms with Gasteiger partial charge in [0, 0.05) is 36.1 Å². The molecule has 2 N–H and O–H groups in total. The summed E-state index contributed by atoms with van der Waals surface area (Å²) in [4.78, 5) is 17.8. The minimum absolute atomic E-state index is 0.188. The van der Waals surface area contributed by atoms with Crippen LogP contribution < -0.4 is 5.32 Å². The van der Waals surface area contributed by atoms with Crippen LogP contribution in [0.25, 0.3) is 10.9 Å². The molecule has 2 heterocycles. The first-order valence-corrected chi connectivity index (χ1v) is 8.83. The third-order valence-electron chi connectivity index (χ3n) is 4.96. The fourth-order valence-corrected chi connectivity index (χ4v) is 3.64. The minimum atomic E-state index is 0.188. The molecule has 23 heavy (non-hydrogen) atoms. The van der Waals surface area contributed by atoms with Crippen LogP contribution in [-0.4, -0.2) is 41.5 Å². The van der Waals surface area contributed by atoms with Crippen LogP contribution in [0, 0.1) is 0 Å². The Labute approximate surface area is 138 Å². The molecule has 1 atom stereocenters. The number of H-pyrrole nitrogens is 1. The van der Waals surface area contributed by atoms with Crippen LogP contribution in [0.1, 0.15) is 38.2 Å². The average molecular weight is 313 g/mol. The number of hydrogen-bond donors (Lipinski definition) is 2. The van der Waals surface area contributed by atoms with E-state index < -0.39 is 0 Å². The molecule has 2 aromatic rings. The number of nitrogens with one attached hydrogen (secondary N) is 2. The van der Waals surface area contributed by atoms with E-state index in [0.29, 0.717) is 12.5 Å². The second-order valence-corrected chi connectivity index (χ2v) is 6.44. The quantitative estimate of drug-likeness (QED) is 0.825. The van der Waals surface area contributed by atoms with E-state index in [-0.39, 0.29) is 5.91 Å². The summed E-state index contributed by atoms with van der Waals surface area (Å²) in [5.74, 6) is 0.188. The molecule has 0 aliphatic carbocycles. The number of likely N-dealkylation sites (tertiary alicyclic amines) is 1. The molecule has 1 saturated heterocycles. The third kappa shape index (κ3) is 3.94. The van der Waals surface area contributed by atoms with Crippen LogP contribution in [0.2, 0.25) is 0 Å². The van der Waals surface area contributed by atoms with Gasteiger partial charge in [-0.25, -0.2) is 0 Å². The van der Waals surface area contributed by atoms with Gasteiger partial charge in [0.05, 0.1) is 0 Å². The van der Waals surface area contributed by atoms with Crippen LogP contribution in [0.5, 0.6) is 0 Å². The lowest BCUT2D eigenvalue weighted by Crippen LogP contribution is -2.39. The Morgan fingerprint density at radius 1 is 1.39 bits per heavy atom. The zero-order valence-corrected chi connectivity index (χ0v) is 14.0. The van der Waals surface area contributed by atoms with Gasteiger partial charge in [0.25, 0.3) is 0 Å². The van der Waals surface area contributed by atoms with Crippen molar-refractivity contribution in [2.45, 2.75) is 45.1 Å². The predicted molar refractivity (Wildman–Crippen MR) is 94.5 cm³/mol. The molecule has 1 aliphatic rings. The van der Waals surface area contributed by atoms with Crippen molar-refractivity contribution in [1.29, 1.82) is 0 Å². The number of amides is 1. The average Bonchev–Trinajstić information content (AvgIpc) is 3.19. The molecule has 0 bridgehead atoms. The number of carbonyl (C=O) groups is 1. The lowest BCUT2D eigenvalue weighted by atomic mass is 10.1. The van der Waals surface area contributed by atoms with Crippen molar-refractivity contribution < 1.29 is 4.79 Å². The summed E-state index contributed by atoms with van der Waals surface area (Å²) in [6.07, 6.45) is 6.99. The van der Waals surface area contributed by atoms with E-state index in [1.54, 1.807) is 0 Å². The molecule has 0 unspecified atom stereocenters. The first-order valence-electron chi connectivity index (χ1n) is 8.83. The number of aryl methyl sites for hydroxylation is 1. The van der Waals surface area contributed by atoms with Gasteiger partial charge in [-0.05, 0) is 50.4 Å². The number of para-hydroxylation sites is 1. The fourth-order valence-electron chi connectivity index (χ4n) is 3.64. The number of nitrogens with zero attached hydrogens (tertiary/aromatic N) is 1. The predicted octanol–water partition coefficient (Wildman–Crippen LogP) is 3.09. The standard InChI is InChI=1S/C19H27N3O/c1-2-22-12-6-8-16(22)14-21-19(23)11-5-7-15-13-20-18-10-4-3-9-17(15)18/h3-4,9-10,13,16,20H,2,5-8,11-12,14H2,1H3,(H,21,23)/t16-/m1/s1. The molecule has 1 amide bonds. The number of carbonyl (C=O) groups excluding carboxylic acids is 1. The zero-order valence-electron chi connectivity index (χ0n) is 14.0. The maximum absolute atomic E-state index is 12.0. The molecular weight excluding hydrogens is 286 g/mol. The molecule has 124 valence electrons. The van der Waals surface area contributed by atoms with Gasteiger partial charge in [-0.15, -0.1) is 0 Å². The number of hydrogen-bond acceptors (Lipinski definition) is 2. The topological polar surface area (TPSA) is 48.1 Å². The molecule has 1 fully saturated rings. The van der Waals surface area contributed by atoms with E-state index >= 15 is 0 Å². The Hall–Kier alpha value is -1.81. The molecule has 0 spiro atoms. The van der Waals surface area contributed by atoms with Gasteiger partial charge in [-0.3, -0.25) is 9.69 Å². The second kappa shape index (κ2) is 7.64. The van der Waals surface area contributed by atoms with Gasteiger partial charge in [0.2, 0.25) is 5.91 Å². The van der Waals surface area contributed by atoms with Crippen LogP contribution in [0.4, 0.5) is 0 Å². The molecular formula is C19H27N3O. The summed E-state index contributed by atoms with van der Waals surface area (Å²) >= 11 is 0. The molecule has 1 aromatic heterocycles. The van der Waals surface area contributed by atoms with E-state index in [9.17, 15) is 4.79 Å². The monoisotopic (exact) mass is 313 g/mol. The van der Waals surface area contributed by atoms with Crippen molar-refractivity contribution >= 4 is 16.8 Å². The lowest BCUT2D eigenvalue weighted by molar-refractivity contribution is -0.121. The summed E-state index contributed by atoms with van der Waals surface area (Å²) < 4.78 is 0. The maximum Gasteiger partial charge on any atom is 0.220 e. The molecule has 0 saturated carbocycles. The zero-order chi connectivity index (χ0) is 16.1. The number of fused-ring (bicyclic) bond motifs is 1. The van der Waals surface area contributed by atoms with Crippen molar-refractivity contribution in [3.8, 4) is 0 Å². The first-order chi connectivity index (χ1) is 11.3. The second-order valence-electron chi connectivity index (χ2n) is 6.44. The van der Waals surface area contributed by atoms with E-state index in [1.807, 2.05) is 6.07 Å². The summed E-state index contributed by atoms with van der Waals surface area (Å²) in [7, 11) is 0. The van der Waals surface area contributed by atoms with Gasteiger partial charge >= 0.3 is 0 Å². The Morgan fingerprint density at radius 2 is 2.26 bits per heavy atom. The molecule has 4 heteroatoms. The van der Waals surface area contributed by atoms with Gasteiger partial charge in [0.15, 0.2) is 0 Å². The summed E-state index contributed by atoms with van der Waals surface area (Å²) in [5.41, 5.74) is 2.48. The minimum Gasteiger partial charge on any atom is -0.361 e. The Kier molecular flexibility index (Phi) is 5.34. The Balaban J connectivity index is 1.41. The van der Waals surface area contributed by atoms with E-state index in [0.717, 1.165) is 25.9 Å².